The Morgan fingerprint density at radius 3 is 2.45 bits per heavy atom. The SMILES string of the molecule is O=C(CNS(=O)(=O)c1ccc(Cl)cc1)N1CCN(c2nc3ccccc3s2)CC1. The molecule has 1 aliphatic rings. The van der Waals surface area contributed by atoms with Gasteiger partial charge in [-0.2, -0.15) is 0 Å². The van der Waals surface area contributed by atoms with Crippen molar-refractivity contribution in [3.05, 3.63) is 53.6 Å². The van der Waals surface area contributed by atoms with Gasteiger partial charge in [-0.25, -0.2) is 18.1 Å². The molecule has 0 radical (unpaired) electrons. The molecular formula is C19H19ClN4O3S2. The van der Waals surface area contributed by atoms with Crippen LogP contribution in [0.15, 0.2) is 53.4 Å². The minimum atomic E-state index is -3.75. The number of halogens is 1. The zero-order valence-corrected chi connectivity index (χ0v) is 17.8. The average Bonchev–Trinajstić information content (AvgIpc) is 3.17. The number of anilines is 1. The van der Waals surface area contributed by atoms with Crippen LogP contribution in [-0.2, 0) is 14.8 Å². The highest BCUT2D eigenvalue weighted by Gasteiger charge is 2.24. The molecular weight excluding hydrogens is 432 g/mol. The first-order valence-electron chi connectivity index (χ1n) is 9.06. The number of amides is 1. The monoisotopic (exact) mass is 450 g/mol. The molecule has 7 nitrogen and oxygen atoms in total. The molecule has 0 atom stereocenters. The highest BCUT2D eigenvalue weighted by atomic mass is 35.5. The van der Waals surface area contributed by atoms with Crippen LogP contribution in [0.1, 0.15) is 0 Å². The van der Waals surface area contributed by atoms with Crippen LogP contribution in [0.2, 0.25) is 5.02 Å². The maximum atomic E-state index is 12.5. The molecule has 4 rings (SSSR count). The van der Waals surface area contributed by atoms with E-state index in [4.69, 9.17) is 11.6 Å². The number of piperazine rings is 1. The molecule has 0 unspecified atom stereocenters. The number of carbonyl (C=O) groups is 1. The molecule has 0 spiro atoms. The lowest BCUT2D eigenvalue weighted by Crippen LogP contribution is -2.51. The van der Waals surface area contributed by atoms with E-state index < -0.39 is 10.0 Å². The number of para-hydroxylation sites is 1. The van der Waals surface area contributed by atoms with Gasteiger partial charge in [0.05, 0.1) is 21.7 Å². The van der Waals surface area contributed by atoms with Crippen molar-refractivity contribution in [3.63, 3.8) is 0 Å². The Balaban J connectivity index is 1.32. The first kappa shape index (κ1) is 20.1. The fraction of sp³-hybridized carbons (Fsp3) is 0.263. The molecule has 1 fully saturated rings. The molecule has 0 bridgehead atoms. The lowest BCUT2D eigenvalue weighted by Gasteiger charge is -2.34. The van der Waals surface area contributed by atoms with Gasteiger partial charge in [-0.15, -0.1) is 0 Å². The van der Waals surface area contributed by atoms with Crippen LogP contribution >= 0.6 is 22.9 Å². The lowest BCUT2D eigenvalue weighted by molar-refractivity contribution is -0.130. The normalized spacial score (nSPS) is 15.1. The summed E-state index contributed by atoms with van der Waals surface area (Å²) in [6.07, 6.45) is 0. The minimum Gasteiger partial charge on any atom is -0.345 e. The number of rotatable bonds is 5. The first-order chi connectivity index (χ1) is 13.9. The van der Waals surface area contributed by atoms with Gasteiger partial charge in [0.1, 0.15) is 0 Å². The van der Waals surface area contributed by atoms with E-state index in [-0.39, 0.29) is 17.3 Å². The number of hydrogen-bond donors (Lipinski definition) is 1. The number of nitrogens with zero attached hydrogens (tertiary/aromatic N) is 3. The largest absolute Gasteiger partial charge is 0.345 e. The molecule has 29 heavy (non-hydrogen) atoms. The van der Waals surface area contributed by atoms with E-state index in [1.54, 1.807) is 16.2 Å². The van der Waals surface area contributed by atoms with Crippen molar-refractivity contribution < 1.29 is 13.2 Å². The number of aromatic nitrogens is 1. The Bertz CT molecular complexity index is 1090. The van der Waals surface area contributed by atoms with Gasteiger partial charge in [0, 0.05) is 31.2 Å². The van der Waals surface area contributed by atoms with Crippen LogP contribution in [0.4, 0.5) is 5.13 Å². The maximum absolute atomic E-state index is 12.5. The standard InChI is InChI=1S/C19H19ClN4O3S2/c20-14-5-7-15(8-6-14)29(26,27)21-13-18(25)23-9-11-24(12-10-23)19-22-16-3-1-2-4-17(16)28-19/h1-8,21H,9-13H2. The molecule has 10 heteroatoms. The fourth-order valence-corrected chi connectivity index (χ4v) is 5.23. The van der Waals surface area contributed by atoms with Crippen LogP contribution < -0.4 is 9.62 Å². The van der Waals surface area contributed by atoms with Gasteiger partial charge < -0.3 is 9.80 Å². The Morgan fingerprint density at radius 2 is 1.76 bits per heavy atom. The van der Waals surface area contributed by atoms with E-state index >= 15 is 0 Å². The second kappa shape index (κ2) is 8.27. The number of fused-ring (bicyclic) bond motifs is 1. The van der Waals surface area contributed by atoms with Crippen molar-refractivity contribution in [1.82, 2.24) is 14.6 Å². The summed E-state index contributed by atoms with van der Waals surface area (Å²) >= 11 is 7.42. The van der Waals surface area contributed by atoms with Crippen molar-refractivity contribution in [3.8, 4) is 0 Å². The number of benzene rings is 2. The Morgan fingerprint density at radius 1 is 1.07 bits per heavy atom. The minimum absolute atomic E-state index is 0.0790. The third kappa shape index (κ3) is 4.53. The lowest BCUT2D eigenvalue weighted by atomic mass is 10.3. The predicted molar refractivity (Wildman–Crippen MR) is 115 cm³/mol. The van der Waals surface area contributed by atoms with Gasteiger partial charge in [-0.3, -0.25) is 4.79 Å². The summed E-state index contributed by atoms with van der Waals surface area (Å²) in [5, 5.41) is 1.40. The number of sulfonamides is 1. The molecule has 3 aromatic rings. The third-order valence-corrected chi connectivity index (χ3v) is 7.49. The molecule has 2 aromatic carbocycles. The smallest absolute Gasteiger partial charge is 0.241 e. The Hall–Kier alpha value is -2.20. The maximum Gasteiger partial charge on any atom is 0.241 e. The van der Waals surface area contributed by atoms with E-state index in [1.165, 1.54) is 24.3 Å². The molecule has 1 aliphatic heterocycles. The summed E-state index contributed by atoms with van der Waals surface area (Å²) in [6.45, 7) is 2.10. The van der Waals surface area contributed by atoms with Gasteiger partial charge >= 0.3 is 0 Å². The second-order valence-corrected chi connectivity index (χ2v) is 9.82. The number of nitrogens with one attached hydrogen (secondary N) is 1. The van der Waals surface area contributed by atoms with E-state index in [1.807, 2.05) is 24.3 Å². The quantitative estimate of drug-likeness (QED) is 0.646. The molecule has 1 saturated heterocycles. The third-order valence-electron chi connectivity index (χ3n) is 4.72. The highest BCUT2D eigenvalue weighted by molar-refractivity contribution is 7.89. The molecule has 1 amide bonds. The van der Waals surface area contributed by atoms with Crippen molar-refractivity contribution in [1.29, 1.82) is 0 Å². The summed E-state index contributed by atoms with van der Waals surface area (Å²) in [7, 11) is -3.75. The highest BCUT2D eigenvalue weighted by Crippen LogP contribution is 2.29. The van der Waals surface area contributed by atoms with E-state index in [2.05, 4.69) is 14.6 Å². The van der Waals surface area contributed by atoms with Crippen LogP contribution in [0.25, 0.3) is 10.2 Å². The van der Waals surface area contributed by atoms with Gasteiger partial charge in [0.15, 0.2) is 5.13 Å². The average molecular weight is 451 g/mol. The van der Waals surface area contributed by atoms with Crippen molar-refractivity contribution in [2.75, 3.05) is 37.6 Å². The zero-order chi connectivity index (χ0) is 20.4. The van der Waals surface area contributed by atoms with Crippen LogP contribution in [0.5, 0.6) is 0 Å². The summed E-state index contributed by atoms with van der Waals surface area (Å²) in [5.74, 6) is -0.244. The number of carbonyl (C=O) groups excluding carboxylic acids is 1. The number of hydrogen-bond acceptors (Lipinski definition) is 6. The van der Waals surface area contributed by atoms with Gasteiger partial charge in [-0.05, 0) is 36.4 Å². The van der Waals surface area contributed by atoms with Crippen molar-refractivity contribution in [2.24, 2.45) is 0 Å². The molecule has 2 heterocycles. The summed E-state index contributed by atoms with van der Waals surface area (Å²) in [6, 6.07) is 13.8. The molecule has 0 aliphatic carbocycles. The molecule has 0 saturated carbocycles. The van der Waals surface area contributed by atoms with Crippen LogP contribution in [0.3, 0.4) is 0 Å². The van der Waals surface area contributed by atoms with Gasteiger partial charge in [0.2, 0.25) is 15.9 Å². The molecule has 1 N–H and O–H groups in total. The first-order valence-corrected chi connectivity index (χ1v) is 11.7. The Kier molecular flexibility index (Phi) is 5.73. The van der Waals surface area contributed by atoms with Gasteiger partial charge in [-0.1, -0.05) is 35.1 Å². The van der Waals surface area contributed by atoms with Crippen molar-refractivity contribution in [2.45, 2.75) is 4.90 Å². The van der Waals surface area contributed by atoms with Crippen molar-refractivity contribution >= 4 is 54.2 Å². The predicted octanol–water partition coefficient (Wildman–Crippen LogP) is 2.58. The molecule has 152 valence electrons. The van der Waals surface area contributed by atoms with Crippen LogP contribution in [0, 0.1) is 0 Å². The topological polar surface area (TPSA) is 82.6 Å². The van der Waals surface area contributed by atoms with Gasteiger partial charge in [0.25, 0.3) is 0 Å². The van der Waals surface area contributed by atoms with E-state index in [0.29, 0.717) is 31.2 Å². The Labute approximate surface area is 178 Å². The second-order valence-electron chi connectivity index (χ2n) is 6.61. The fourth-order valence-electron chi connectivity index (χ4n) is 3.11. The zero-order valence-electron chi connectivity index (χ0n) is 15.4. The van der Waals surface area contributed by atoms with E-state index in [9.17, 15) is 13.2 Å². The van der Waals surface area contributed by atoms with Crippen LogP contribution in [-0.4, -0.2) is 56.9 Å². The number of thiazole rings is 1. The molecule has 1 aromatic heterocycles. The summed E-state index contributed by atoms with van der Waals surface area (Å²) in [5.41, 5.74) is 0.975. The summed E-state index contributed by atoms with van der Waals surface area (Å²) < 4.78 is 28.1. The van der Waals surface area contributed by atoms with E-state index in [0.717, 1.165) is 15.3 Å². The summed E-state index contributed by atoms with van der Waals surface area (Å²) in [4.78, 5) is 21.0.